The van der Waals surface area contributed by atoms with Crippen LogP contribution in [0.25, 0.3) is 0 Å². The Bertz CT molecular complexity index is 447. The van der Waals surface area contributed by atoms with E-state index in [4.69, 9.17) is 20.1 Å². The average molecular weight is 268 g/mol. The summed E-state index contributed by atoms with van der Waals surface area (Å²) in [5.41, 5.74) is 1.86. The third kappa shape index (κ3) is 4.11. The summed E-state index contributed by atoms with van der Waals surface area (Å²) in [5.74, 6) is 6.40. The molecule has 6 nitrogen and oxygen atoms in total. The van der Waals surface area contributed by atoms with E-state index in [-0.39, 0.29) is 19.1 Å². The van der Waals surface area contributed by atoms with E-state index in [1.54, 1.807) is 20.3 Å². The van der Waals surface area contributed by atoms with Gasteiger partial charge in [-0.15, -0.1) is 0 Å². The molecule has 0 atom stereocenters. The van der Waals surface area contributed by atoms with Gasteiger partial charge in [0.1, 0.15) is 18.1 Å². The van der Waals surface area contributed by atoms with Gasteiger partial charge >= 0.3 is 0 Å². The van der Waals surface area contributed by atoms with Gasteiger partial charge in [-0.25, -0.2) is 5.84 Å². The van der Waals surface area contributed by atoms with Gasteiger partial charge < -0.3 is 14.2 Å². The largest absolute Gasteiger partial charge is 0.497 e. The molecule has 0 aliphatic rings. The molecule has 19 heavy (non-hydrogen) atoms. The molecule has 0 saturated heterocycles. The molecule has 1 aromatic carbocycles. The number of rotatable bonds is 6. The molecule has 0 saturated carbocycles. The Labute approximate surface area is 113 Å². The molecule has 1 rings (SSSR count). The fourth-order valence-corrected chi connectivity index (χ4v) is 1.58. The zero-order chi connectivity index (χ0) is 14.4. The second kappa shape index (κ2) is 6.96. The van der Waals surface area contributed by atoms with Gasteiger partial charge in [0.25, 0.3) is 5.91 Å². The van der Waals surface area contributed by atoms with Crippen LogP contribution in [0.5, 0.6) is 11.5 Å². The number of methoxy groups -OCH3 is 2. The van der Waals surface area contributed by atoms with E-state index in [2.05, 4.69) is 0 Å². The van der Waals surface area contributed by atoms with Crippen LogP contribution >= 0.6 is 0 Å². The van der Waals surface area contributed by atoms with Crippen molar-refractivity contribution in [1.82, 2.24) is 5.01 Å². The van der Waals surface area contributed by atoms with Crippen LogP contribution in [0.1, 0.15) is 11.1 Å². The lowest BCUT2D eigenvalue weighted by atomic mass is 10.1. The Morgan fingerprint density at radius 3 is 2.53 bits per heavy atom. The number of carbonyl (C=O) groups excluding carboxylic acids is 1. The molecule has 2 N–H and O–H groups in total. The Balaban J connectivity index is 2.75. The van der Waals surface area contributed by atoms with Crippen LogP contribution in [0, 0.1) is 6.92 Å². The quantitative estimate of drug-likeness (QED) is 0.470. The van der Waals surface area contributed by atoms with Gasteiger partial charge in [0.2, 0.25) is 0 Å². The zero-order valence-corrected chi connectivity index (χ0v) is 11.7. The number of benzene rings is 1. The fourth-order valence-electron chi connectivity index (χ4n) is 1.58. The van der Waals surface area contributed by atoms with Crippen molar-refractivity contribution in [1.29, 1.82) is 0 Å². The molecule has 106 valence electrons. The van der Waals surface area contributed by atoms with E-state index in [9.17, 15) is 4.79 Å². The maximum atomic E-state index is 11.3. The number of hydrogen-bond acceptors (Lipinski definition) is 5. The number of amides is 1. The first-order valence-electron chi connectivity index (χ1n) is 5.80. The molecule has 0 bridgehead atoms. The Kier molecular flexibility index (Phi) is 5.59. The molecule has 1 aromatic rings. The van der Waals surface area contributed by atoms with Crippen molar-refractivity contribution in [3.63, 3.8) is 0 Å². The zero-order valence-electron chi connectivity index (χ0n) is 11.7. The fraction of sp³-hybridized carbons (Fsp3) is 0.462. The van der Waals surface area contributed by atoms with Crippen molar-refractivity contribution < 1.29 is 19.0 Å². The van der Waals surface area contributed by atoms with E-state index in [0.717, 1.165) is 21.9 Å². The van der Waals surface area contributed by atoms with Crippen molar-refractivity contribution in [2.45, 2.75) is 13.5 Å². The molecular weight excluding hydrogens is 248 g/mol. The number of hydrazine groups is 1. The normalized spacial score (nSPS) is 10.2. The maximum absolute atomic E-state index is 11.3. The molecule has 0 spiro atoms. The van der Waals surface area contributed by atoms with Gasteiger partial charge in [-0.2, -0.15) is 0 Å². The number of nitrogens with two attached hydrogens (primary N) is 1. The molecule has 0 heterocycles. The molecule has 6 heteroatoms. The summed E-state index contributed by atoms with van der Waals surface area (Å²) in [6.07, 6.45) is 0. The monoisotopic (exact) mass is 268 g/mol. The highest BCUT2D eigenvalue weighted by Crippen LogP contribution is 2.28. The smallest absolute Gasteiger partial charge is 0.262 e. The van der Waals surface area contributed by atoms with Gasteiger partial charge in [-0.3, -0.25) is 9.80 Å². The van der Waals surface area contributed by atoms with E-state index in [1.165, 1.54) is 7.05 Å². The highest BCUT2D eigenvalue weighted by Gasteiger charge is 2.11. The van der Waals surface area contributed by atoms with Crippen molar-refractivity contribution in [3.05, 3.63) is 23.3 Å². The van der Waals surface area contributed by atoms with E-state index in [1.807, 2.05) is 13.0 Å². The summed E-state index contributed by atoms with van der Waals surface area (Å²) < 4.78 is 15.8. The molecule has 0 radical (unpaired) electrons. The first-order valence-corrected chi connectivity index (χ1v) is 5.80. The predicted molar refractivity (Wildman–Crippen MR) is 70.9 cm³/mol. The topological polar surface area (TPSA) is 74.0 Å². The standard InChI is InChI=1S/C13H20N2O4/c1-9-5-10(17-3)6-12(18-4)11(9)7-19-8-13(16)15(2)14/h5-6H,7-8,14H2,1-4H3. The average Bonchev–Trinajstić information content (AvgIpc) is 2.39. The number of carbonyl (C=O) groups is 1. The molecule has 0 aromatic heterocycles. The summed E-state index contributed by atoms with van der Waals surface area (Å²) in [4.78, 5) is 11.3. The SMILES string of the molecule is COc1cc(C)c(COCC(=O)N(C)N)c(OC)c1. The van der Waals surface area contributed by atoms with Gasteiger partial charge in [0, 0.05) is 18.7 Å². The minimum absolute atomic E-state index is 0.0678. The number of ether oxygens (including phenoxy) is 3. The maximum Gasteiger partial charge on any atom is 0.262 e. The molecule has 0 aliphatic heterocycles. The Hall–Kier alpha value is -1.79. The van der Waals surface area contributed by atoms with Crippen LogP contribution in [0.15, 0.2) is 12.1 Å². The van der Waals surface area contributed by atoms with Crippen molar-refractivity contribution in [2.75, 3.05) is 27.9 Å². The summed E-state index contributed by atoms with van der Waals surface area (Å²) >= 11 is 0. The number of hydrogen-bond donors (Lipinski definition) is 1. The van der Waals surface area contributed by atoms with Gasteiger partial charge in [-0.05, 0) is 18.6 Å². The second-order valence-electron chi connectivity index (χ2n) is 4.12. The number of nitrogens with zero attached hydrogens (tertiary/aromatic N) is 1. The molecular formula is C13H20N2O4. The number of likely N-dealkylation sites (N-methyl/N-ethyl adjacent to an activating group) is 1. The summed E-state index contributed by atoms with van der Waals surface area (Å²) in [7, 11) is 4.65. The molecule has 0 aliphatic carbocycles. The van der Waals surface area contributed by atoms with Crippen LogP contribution < -0.4 is 15.3 Å². The van der Waals surface area contributed by atoms with Crippen LogP contribution in [0.2, 0.25) is 0 Å². The van der Waals surface area contributed by atoms with Gasteiger partial charge in [0.05, 0.1) is 20.8 Å². The van der Waals surface area contributed by atoms with E-state index in [0.29, 0.717) is 5.75 Å². The second-order valence-corrected chi connectivity index (χ2v) is 4.12. The molecule has 0 fully saturated rings. The lowest BCUT2D eigenvalue weighted by Gasteiger charge is -2.15. The minimum Gasteiger partial charge on any atom is -0.497 e. The molecule has 0 unspecified atom stereocenters. The van der Waals surface area contributed by atoms with E-state index >= 15 is 0 Å². The van der Waals surface area contributed by atoms with Crippen LogP contribution in [-0.2, 0) is 16.1 Å². The lowest BCUT2D eigenvalue weighted by molar-refractivity contribution is -0.135. The summed E-state index contributed by atoms with van der Waals surface area (Å²) in [6, 6.07) is 3.67. The van der Waals surface area contributed by atoms with Crippen LogP contribution in [0.3, 0.4) is 0 Å². The number of aryl methyl sites for hydroxylation is 1. The first kappa shape index (κ1) is 15.3. The van der Waals surface area contributed by atoms with Crippen LogP contribution in [0.4, 0.5) is 0 Å². The Morgan fingerprint density at radius 1 is 1.32 bits per heavy atom. The lowest BCUT2D eigenvalue weighted by Crippen LogP contribution is -2.35. The summed E-state index contributed by atoms with van der Waals surface area (Å²) in [6.45, 7) is 2.14. The van der Waals surface area contributed by atoms with E-state index < -0.39 is 0 Å². The first-order chi connectivity index (χ1) is 8.99. The van der Waals surface area contributed by atoms with Gasteiger partial charge in [0.15, 0.2) is 0 Å². The van der Waals surface area contributed by atoms with Crippen LogP contribution in [-0.4, -0.2) is 38.8 Å². The highest BCUT2D eigenvalue weighted by atomic mass is 16.5. The molecule has 1 amide bonds. The summed E-state index contributed by atoms with van der Waals surface area (Å²) in [5, 5.41) is 0.998. The minimum atomic E-state index is -0.287. The van der Waals surface area contributed by atoms with Crippen molar-refractivity contribution in [3.8, 4) is 11.5 Å². The van der Waals surface area contributed by atoms with Crippen molar-refractivity contribution in [2.24, 2.45) is 5.84 Å². The predicted octanol–water partition coefficient (Wildman–Crippen LogP) is 0.861. The highest BCUT2D eigenvalue weighted by molar-refractivity contribution is 5.76. The van der Waals surface area contributed by atoms with Crippen molar-refractivity contribution >= 4 is 5.91 Å². The Morgan fingerprint density at radius 2 is 2.00 bits per heavy atom. The third-order valence-electron chi connectivity index (χ3n) is 2.73. The van der Waals surface area contributed by atoms with Gasteiger partial charge in [-0.1, -0.05) is 0 Å². The third-order valence-corrected chi connectivity index (χ3v) is 2.73.